The maximum atomic E-state index is 12.6. The van der Waals surface area contributed by atoms with Crippen LogP contribution in [0.3, 0.4) is 0 Å². The number of phenolic OH excluding ortho intramolecular Hbond substituents is 1. The fraction of sp³-hybridized carbons (Fsp3) is 0.133. The molecule has 6 nitrogen and oxygen atoms in total. The number of nitrogens with one attached hydrogen (secondary N) is 1. The molecule has 0 spiro atoms. The fourth-order valence-corrected chi connectivity index (χ4v) is 2.63. The molecule has 0 bridgehead atoms. The van der Waals surface area contributed by atoms with E-state index in [1.807, 2.05) is 0 Å². The molecule has 0 amide bonds. The zero-order valence-electron chi connectivity index (χ0n) is 11.3. The summed E-state index contributed by atoms with van der Waals surface area (Å²) in [4.78, 5) is 39.3. The van der Waals surface area contributed by atoms with Crippen LogP contribution in [-0.2, 0) is 0 Å². The van der Waals surface area contributed by atoms with Gasteiger partial charge in [0.05, 0.1) is 18.2 Å². The van der Waals surface area contributed by atoms with E-state index in [9.17, 15) is 19.5 Å². The number of ketones is 2. The van der Waals surface area contributed by atoms with E-state index in [-0.39, 0.29) is 33.9 Å². The van der Waals surface area contributed by atoms with E-state index < -0.39 is 17.1 Å². The molecule has 6 heteroatoms. The highest BCUT2D eigenvalue weighted by Crippen LogP contribution is 2.34. The van der Waals surface area contributed by atoms with E-state index in [0.29, 0.717) is 5.56 Å². The molecule has 0 atom stereocenters. The number of carbonyl (C=O) groups excluding carboxylic acids is 2. The van der Waals surface area contributed by atoms with E-state index >= 15 is 0 Å². The zero-order valence-corrected chi connectivity index (χ0v) is 11.3. The molecule has 106 valence electrons. The summed E-state index contributed by atoms with van der Waals surface area (Å²) in [6.45, 7) is 1.55. The Bertz CT molecular complexity index is 863. The normalized spacial score (nSPS) is 12.9. The topological polar surface area (TPSA) is 96.5 Å². The molecule has 0 saturated carbocycles. The molecular formula is C15H11NO5. The van der Waals surface area contributed by atoms with E-state index in [1.54, 1.807) is 6.92 Å². The zero-order chi connectivity index (χ0) is 15.3. The summed E-state index contributed by atoms with van der Waals surface area (Å²) in [6.07, 6.45) is 0. The molecule has 0 radical (unpaired) electrons. The Morgan fingerprint density at radius 3 is 2.48 bits per heavy atom. The van der Waals surface area contributed by atoms with Crippen molar-refractivity contribution in [2.45, 2.75) is 6.92 Å². The van der Waals surface area contributed by atoms with Crippen molar-refractivity contribution < 1.29 is 19.4 Å². The van der Waals surface area contributed by atoms with Crippen LogP contribution in [0.25, 0.3) is 0 Å². The van der Waals surface area contributed by atoms with Gasteiger partial charge in [-0.3, -0.25) is 14.4 Å². The Hall–Kier alpha value is -2.89. The van der Waals surface area contributed by atoms with Crippen LogP contribution in [0.15, 0.2) is 23.0 Å². The predicted molar refractivity (Wildman–Crippen MR) is 73.3 cm³/mol. The maximum Gasteiger partial charge on any atom is 0.291 e. The lowest BCUT2D eigenvalue weighted by Gasteiger charge is -2.20. The van der Waals surface area contributed by atoms with E-state index in [2.05, 4.69) is 4.98 Å². The van der Waals surface area contributed by atoms with Gasteiger partial charge in [0.15, 0.2) is 11.5 Å². The second kappa shape index (κ2) is 4.31. The first kappa shape index (κ1) is 13.1. The first-order valence-electron chi connectivity index (χ1n) is 6.19. The summed E-state index contributed by atoms with van der Waals surface area (Å²) >= 11 is 0. The first-order chi connectivity index (χ1) is 9.97. The number of hydrogen-bond donors (Lipinski definition) is 2. The molecule has 2 aromatic rings. The van der Waals surface area contributed by atoms with Crippen LogP contribution in [0.2, 0.25) is 0 Å². The van der Waals surface area contributed by atoms with E-state index in [4.69, 9.17) is 4.74 Å². The highest BCUT2D eigenvalue weighted by atomic mass is 16.5. The lowest BCUT2D eigenvalue weighted by Crippen LogP contribution is -2.28. The average Bonchev–Trinajstić information content (AvgIpc) is 2.44. The minimum atomic E-state index is -0.589. The number of fused-ring (bicyclic) bond motifs is 2. The molecular weight excluding hydrogens is 274 g/mol. The van der Waals surface area contributed by atoms with Crippen molar-refractivity contribution in [1.29, 1.82) is 0 Å². The van der Waals surface area contributed by atoms with Gasteiger partial charge in [-0.2, -0.15) is 0 Å². The van der Waals surface area contributed by atoms with Gasteiger partial charge in [-0.1, -0.05) is 12.1 Å². The predicted octanol–water partition coefficient (Wildman–Crippen LogP) is 1.17. The van der Waals surface area contributed by atoms with Gasteiger partial charge in [0.1, 0.15) is 11.4 Å². The number of rotatable bonds is 1. The van der Waals surface area contributed by atoms with E-state index in [1.165, 1.54) is 25.3 Å². The Labute approximate surface area is 119 Å². The average molecular weight is 285 g/mol. The summed E-state index contributed by atoms with van der Waals surface area (Å²) in [6, 6.07) is 4.28. The Morgan fingerprint density at radius 2 is 1.81 bits per heavy atom. The number of carbonyl (C=O) groups is 2. The van der Waals surface area contributed by atoms with Gasteiger partial charge in [0.2, 0.25) is 5.78 Å². The number of ether oxygens (including phenoxy) is 1. The van der Waals surface area contributed by atoms with Crippen molar-refractivity contribution in [1.82, 2.24) is 4.98 Å². The molecule has 0 saturated heterocycles. The number of benzene rings is 1. The molecule has 21 heavy (non-hydrogen) atoms. The second-order valence-electron chi connectivity index (χ2n) is 4.72. The van der Waals surface area contributed by atoms with Crippen molar-refractivity contribution in [2.75, 3.05) is 7.11 Å². The lowest BCUT2D eigenvalue weighted by atomic mass is 9.84. The van der Waals surface area contributed by atoms with Gasteiger partial charge in [-0.25, -0.2) is 0 Å². The number of phenols is 1. The van der Waals surface area contributed by atoms with Gasteiger partial charge >= 0.3 is 0 Å². The molecule has 0 fully saturated rings. The van der Waals surface area contributed by atoms with Crippen molar-refractivity contribution >= 4 is 11.6 Å². The van der Waals surface area contributed by atoms with E-state index in [0.717, 1.165) is 0 Å². The third-order valence-electron chi connectivity index (χ3n) is 3.58. The Morgan fingerprint density at radius 1 is 1.10 bits per heavy atom. The SMILES string of the molecule is COc1c(C)c2c([nH]c1=O)C(=O)c1c(O)cccc1C2=O. The largest absolute Gasteiger partial charge is 0.507 e. The number of aromatic hydroxyl groups is 1. The van der Waals surface area contributed by atoms with Gasteiger partial charge in [0, 0.05) is 11.1 Å². The van der Waals surface area contributed by atoms with Crippen LogP contribution in [0.5, 0.6) is 11.5 Å². The Kier molecular flexibility index (Phi) is 2.69. The highest BCUT2D eigenvalue weighted by Gasteiger charge is 2.35. The minimum absolute atomic E-state index is 0.00139. The second-order valence-corrected chi connectivity index (χ2v) is 4.72. The van der Waals surface area contributed by atoms with Gasteiger partial charge in [-0.05, 0) is 13.0 Å². The summed E-state index contributed by atoms with van der Waals surface area (Å²) in [5.41, 5.74) is -0.260. The molecule has 1 aliphatic carbocycles. The van der Waals surface area contributed by atoms with Crippen molar-refractivity contribution in [2.24, 2.45) is 0 Å². The third kappa shape index (κ3) is 1.62. The van der Waals surface area contributed by atoms with Crippen LogP contribution >= 0.6 is 0 Å². The number of H-pyrrole nitrogens is 1. The van der Waals surface area contributed by atoms with Gasteiger partial charge in [-0.15, -0.1) is 0 Å². The van der Waals surface area contributed by atoms with Crippen LogP contribution < -0.4 is 10.3 Å². The van der Waals surface area contributed by atoms with Crippen LogP contribution in [0, 0.1) is 6.92 Å². The summed E-state index contributed by atoms with van der Waals surface area (Å²) in [5, 5.41) is 9.82. The number of pyridine rings is 1. The third-order valence-corrected chi connectivity index (χ3v) is 3.58. The molecule has 1 aliphatic rings. The quantitative estimate of drug-likeness (QED) is 0.699. The van der Waals surface area contributed by atoms with Crippen molar-refractivity contribution in [3.63, 3.8) is 0 Å². The van der Waals surface area contributed by atoms with Crippen LogP contribution in [-0.4, -0.2) is 28.8 Å². The smallest absolute Gasteiger partial charge is 0.291 e. The molecule has 0 aliphatic heterocycles. The number of aromatic amines is 1. The summed E-state index contributed by atoms with van der Waals surface area (Å²) < 4.78 is 4.98. The molecule has 2 N–H and O–H groups in total. The van der Waals surface area contributed by atoms with Crippen molar-refractivity contribution in [3.05, 3.63) is 56.5 Å². The number of methoxy groups -OCH3 is 1. The van der Waals surface area contributed by atoms with Crippen LogP contribution in [0.4, 0.5) is 0 Å². The fourth-order valence-electron chi connectivity index (χ4n) is 2.63. The van der Waals surface area contributed by atoms with Gasteiger partial charge < -0.3 is 14.8 Å². The van der Waals surface area contributed by atoms with Crippen LogP contribution in [0.1, 0.15) is 37.5 Å². The first-order valence-corrected chi connectivity index (χ1v) is 6.19. The van der Waals surface area contributed by atoms with Gasteiger partial charge in [0.25, 0.3) is 5.56 Å². The number of aromatic nitrogens is 1. The highest BCUT2D eigenvalue weighted by molar-refractivity contribution is 6.29. The standard InChI is InChI=1S/C15H11NO5/c1-6-9-11(16-15(20)14(6)21-2)13(19)10-7(12(9)18)4-3-5-8(10)17/h3-5,17H,1-2H3,(H,16,20). The number of hydrogen-bond acceptors (Lipinski definition) is 5. The molecule has 1 heterocycles. The van der Waals surface area contributed by atoms with Crippen molar-refractivity contribution in [3.8, 4) is 11.5 Å². The maximum absolute atomic E-state index is 12.6. The molecule has 3 rings (SSSR count). The minimum Gasteiger partial charge on any atom is -0.507 e. The molecule has 1 aromatic carbocycles. The molecule has 1 aromatic heterocycles. The lowest BCUT2D eigenvalue weighted by molar-refractivity contribution is 0.0971. The molecule has 0 unspecified atom stereocenters. The Balaban J connectivity index is 2.42. The summed E-state index contributed by atoms with van der Waals surface area (Å²) in [5.74, 6) is -1.30. The monoisotopic (exact) mass is 285 g/mol. The summed E-state index contributed by atoms with van der Waals surface area (Å²) in [7, 11) is 1.32.